The molecule has 0 radical (unpaired) electrons. The Labute approximate surface area is 98.6 Å². The van der Waals surface area contributed by atoms with E-state index in [9.17, 15) is 4.79 Å². The Hall–Kier alpha value is -0.550. The standard InChI is InChI=1S/C8H8O4.Na.H/c9-6-3-1-5(2-4-6)7(10)8(11)12;;/h1-4,7,9-10H,(H,11,12);;/q;+1;-1. The summed E-state index contributed by atoms with van der Waals surface area (Å²) in [6.07, 6.45) is -1.52. The summed E-state index contributed by atoms with van der Waals surface area (Å²) >= 11 is 0. The first-order valence-electron chi connectivity index (χ1n) is 3.31. The summed E-state index contributed by atoms with van der Waals surface area (Å²) in [5, 5.41) is 26.2. The summed E-state index contributed by atoms with van der Waals surface area (Å²) in [5.74, 6) is -1.27. The van der Waals surface area contributed by atoms with Crippen LogP contribution in [0.4, 0.5) is 0 Å². The van der Waals surface area contributed by atoms with E-state index in [1.54, 1.807) is 0 Å². The molecule has 1 atom stereocenters. The Morgan fingerprint density at radius 3 is 2.15 bits per heavy atom. The Morgan fingerprint density at radius 2 is 1.77 bits per heavy atom. The van der Waals surface area contributed by atoms with E-state index < -0.39 is 12.1 Å². The minimum Gasteiger partial charge on any atom is -1.00 e. The molecule has 1 unspecified atom stereocenters. The molecular formula is C8H9NaO4. The molecule has 0 aliphatic carbocycles. The zero-order valence-corrected chi connectivity index (χ0v) is 9.14. The maximum Gasteiger partial charge on any atom is 1.00 e. The maximum atomic E-state index is 10.3. The third-order valence-electron chi connectivity index (χ3n) is 1.44. The van der Waals surface area contributed by atoms with Crippen LogP contribution in [0.15, 0.2) is 24.3 Å². The molecule has 0 bridgehead atoms. The van der Waals surface area contributed by atoms with Gasteiger partial charge in [-0.3, -0.25) is 0 Å². The van der Waals surface area contributed by atoms with Crippen LogP contribution in [0.3, 0.4) is 0 Å². The van der Waals surface area contributed by atoms with E-state index in [-0.39, 0.29) is 42.3 Å². The van der Waals surface area contributed by atoms with E-state index in [2.05, 4.69) is 0 Å². The Morgan fingerprint density at radius 1 is 1.31 bits per heavy atom. The van der Waals surface area contributed by atoms with Crippen molar-refractivity contribution < 1.29 is 51.1 Å². The fourth-order valence-electron chi connectivity index (χ4n) is 0.799. The molecule has 0 heterocycles. The van der Waals surface area contributed by atoms with Gasteiger partial charge in [0, 0.05) is 0 Å². The summed E-state index contributed by atoms with van der Waals surface area (Å²) in [4.78, 5) is 10.3. The first kappa shape index (κ1) is 12.4. The van der Waals surface area contributed by atoms with Crippen LogP contribution in [-0.2, 0) is 4.79 Å². The molecule has 0 spiro atoms. The van der Waals surface area contributed by atoms with Gasteiger partial charge in [-0.15, -0.1) is 0 Å². The molecule has 5 heteroatoms. The number of hydrogen-bond donors (Lipinski definition) is 3. The van der Waals surface area contributed by atoms with Crippen molar-refractivity contribution >= 4 is 5.97 Å². The van der Waals surface area contributed by atoms with Crippen LogP contribution in [0.1, 0.15) is 13.1 Å². The van der Waals surface area contributed by atoms with Gasteiger partial charge in [0.05, 0.1) is 0 Å². The van der Waals surface area contributed by atoms with Crippen molar-refractivity contribution in [3.05, 3.63) is 29.8 Å². The number of rotatable bonds is 2. The quantitative estimate of drug-likeness (QED) is 0.457. The smallest absolute Gasteiger partial charge is 1.00 e. The number of carbonyl (C=O) groups is 1. The fraction of sp³-hybridized carbons (Fsp3) is 0.125. The molecule has 0 aromatic heterocycles. The van der Waals surface area contributed by atoms with Crippen molar-refractivity contribution in [3.63, 3.8) is 0 Å². The van der Waals surface area contributed by atoms with Crippen molar-refractivity contribution in [2.45, 2.75) is 6.10 Å². The molecule has 1 rings (SSSR count). The second-order valence-electron chi connectivity index (χ2n) is 2.33. The van der Waals surface area contributed by atoms with Crippen LogP contribution in [0, 0.1) is 0 Å². The first-order valence-corrected chi connectivity index (χ1v) is 3.31. The topological polar surface area (TPSA) is 77.8 Å². The van der Waals surface area contributed by atoms with Crippen LogP contribution in [0.2, 0.25) is 0 Å². The molecule has 0 fully saturated rings. The number of carboxylic acid groups (broad SMARTS) is 1. The zero-order chi connectivity index (χ0) is 9.14. The summed E-state index contributed by atoms with van der Waals surface area (Å²) in [6.45, 7) is 0. The molecule has 4 nitrogen and oxygen atoms in total. The molecule has 3 N–H and O–H groups in total. The van der Waals surface area contributed by atoms with E-state index in [1.807, 2.05) is 0 Å². The molecule has 0 aliphatic rings. The van der Waals surface area contributed by atoms with Crippen LogP contribution < -0.4 is 29.6 Å². The normalized spacial score (nSPS) is 11.5. The van der Waals surface area contributed by atoms with Crippen molar-refractivity contribution in [3.8, 4) is 5.75 Å². The van der Waals surface area contributed by atoms with E-state index in [0.29, 0.717) is 0 Å². The summed E-state index contributed by atoms with van der Waals surface area (Å²) in [7, 11) is 0. The average Bonchev–Trinajstić information content (AvgIpc) is 2.04. The van der Waals surface area contributed by atoms with Crippen LogP contribution in [0.5, 0.6) is 5.75 Å². The van der Waals surface area contributed by atoms with Gasteiger partial charge >= 0.3 is 35.5 Å². The number of aliphatic hydroxyl groups is 1. The van der Waals surface area contributed by atoms with Crippen molar-refractivity contribution in [1.29, 1.82) is 0 Å². The number of benzene rings is 1. The number of hydrogen-bond acceptors (Lipinski definition) is 3. The zero-order valence-electron chi connectivity index (χ0n) is 8.14. The second-order valence-corrected chi connectivity index (χ2v) is 2.33. The minimum atomic E-state index is -1.52. The van der Waals surface area contributed by atoms with E-state index >= 15 is 0 Å². The summed E-state index contributed by atoms with van der Waals surface area (Å²) < 4.78 is 0. The third-order valence-corrected chi connectivity index (χ3v) is 1.44. The predicted octanol–water partition coefficient (Wildman–Crippen LogP) is -2.37. The van der Waals surface area contributed by atoms with Crippen molar-refractivity contribution in [2.24, 2.45) is 0 Å². The van der Waals surface area contributed by atoms with Crippen LogP contribution in [0.25, 0.3) is 0 Å². The number of carboxylic acids is 1. The van der Waals surface area contributed by atoms with Gasteiger partial charge in [0.2, 0.25) is 0 Å². The largest absolute Gasteiger partial charge is 1.00 e. The molecule has 1 aromatic carbocycles. The third kappa shape index (κ3) is 3.36. The van der Waals surface area contributed by atoms with E-state index in [4.69, 9.17) is 15.3 Å². The van der Waals surface area contributed by atoms with Gasteiger partial charge in [0.25, 0.3) is 0 Å². The molecule has 66 valence electrons. The van der Waals surface area contributed by atoms with E-state index in [1.165, 1.54) is 24.3 Å². The van der Waals surface area contributed by atoms with Crippen LogP contribution >= 0.6 is 0 Å². The number of aromatic hydroxyl groups is 1. The average molecular weight is 192 g/mol. The Bertz CT molecular complexity index is 288. The maximum absolute atomic E-state index is 10.3. The molecule has 0 amide bonds. The molecule has 0 saturated heterocycles. The van der Waals surface area contributed by atoms with Gasteiger partial charge in [0.15, 0.2) is 6.10 Å². The van der Waals surface area contributed by atoms with Crippen molar-refractivity contribution in [1.82, 2.24) is 0 Å². The van der Waals surface area contributed by atoms with Crippen LogP contribution in [-0.4, -0.2) is 21.3 Å². The van der Waals surface area contributed by atoms with Gasteiger partial charge in [-0.05, 0) is 17.7 Å². The number of phenols is 1. The molecular weight excluding hydrogens is 183 g/mol. The van der Waals surface area contributed by atoms with Gasteiger partial charge in [-0.2, -0.15) is 0 Å². The Kier molecular flexibility index (Phi) is 5.02. The fourth-order valence-corrected chi connectivity index (χ4v) is 0.799. The molecule has 0 saturated carbocycles. The van der Waals surface area contributed by atoms with Gasteiger partial charge in [-0.25, -0.2) is 4.79 Å². The predicted molar refractivity (Wildman–Crippen MR) is 41.8 cm³/mol. The van der Waals surface area contributed by atoms with E-state index in [0.717, 1.165) is 0 Å². The number of phenolic OH excluding ortho intramolecular Hbond substituents is 1. The molecule has 0 aliphatic heterocycles. The number of aliphatic carboxylic acids is 1. The summed E-state index contributed by atoms with van der Waals surface area (Å²) in [6, 6.07) is 5.35. The second kappa shape index (κ2) is 5.24. The number of aliphatic hydroxyl groups excluding tert-OH is 1. The summed E-state index contributed by atoms with van der Waals surface area (Å²) in [5.41, 5.74) is 0.250. The SMILES string of the molecule is O=C(O)C(O)c1ccc(O)cc1.[H-].[Na+]. The van der Waals surface area contributed by atoms with Gasteiger partial charge < -0.3 is 16.7 Å². The van der Waals surface area contributed by atoms with Crippen molar-refractivity contribution in [2.75, 3.05) is 0 Å². The molecule has 13 heavy (non-hydrogen) atoms. The minimum absolute atomic E-state index is 0. The van der Waals surface area contributed by atoms with Gasteiger partial charge in [0.1, 0.15) is 5.75 Å². The monoisotopic (exact) mass is 192 g/mol. The van der Waals surface area contributed by atoms with Gasteiger partial charge in [-0.1, -0.05) is 12.1 Å². The molecule has 1 aromatic rings. The Balaban J connectivity index is 0. The first-order chi connectivity index (χ1) is 5.61.